The second kappa shape index (κ2) is 17.2. The molecule has 2 aromatic heterocycles. The van der Waals surface area contributed by atoms with E-state index in [-0.39, 0.29) is 40.7 Å². The standard InChI is InChI=1S/C42H41Cl2N3O9/c1-52-36-12-11-27(18-37(36)53-2)31(20-33-34(43)21-47(51)22-35(33)44)32-19-30(55-40(32)41(48)49)24-54-29-10-6-9-28(17-29)39(26-7-4-3-5-8-26)45-42(50)56-38-23-46-15-13-25(38)14-16-46/h3-12,17-19,21-22,25,31,38-39H,13-16,20,23-24H2,1-2H3,(H,45,50)(H,48,49)/t31-,38+,39+/m1/s1. The molecule has 2 bridgehead atoms. The molecule has 3 saturated heterocycles. The van der Waals surface area contributed by atoms with Crippen molar-refractivity contribution in [2.24, 2.45) is 5.92 Å². The van der Waals surface area contributed by atoms with E-state index in [0.717, 1.165) is 43.6 Å². The highest BCUT2D eigenvalue weighted by Crippen LogP contribution is 2.40. The van der Waals surface area contributed by atoms with Gasteiger partial charge in [-0.25, -0.2) is 9.59 Å². The zero-order chi connectivity index (χ0) is 39.3. The first-order chi connectivity index (χ1) is 27.1. The van der Waals surface area contributed by atoms with Crippen molar-refractivity contribution in [1.29, 1.82) is 0 Å². The van der Waals surface area contributed by atoms with E-state index in [2.05, 4.69) is 10.2 Å². The lowest BCUT2D eigenvalue weighted by Crippen LogP contribution is -2.52. The molecular formula is C42H41Cl2N3O9. The van der Waals surface area contributed by atoms with Gasteiger partial charge in [0, 0.05) is 23.6 Å². The Labute approximate surface area is 334 Å². The highest BCUT2D eigenvalue weighted by Gasteiger charge is 2.37. The third-order valence-corrected chi connectivity index (χ3v) is 11.1. The number of alkyl carbamates (subject to hydrolysis) is 1. The van der Waals surface area contributed by atoms with Crippen LogP contribution in [0.3, 0.4) is 0 Å². The summed E-state index contributed by atoms with van der Waals surface area (Å²) in [5.74, 6) is -0.260. The Hall–Kier alpha value is -5.43. The number of furan rings is 1. The van der Waals surface area contributed by atoms with E-state index >= 15 is 0 Å². The Balaban J connectivity index is 1.15. The number of carbonyl (C=O) groups is 2. The van der Waals surface area contributed by atoms with Crippen LogP contribution >= 0.6 is 23.2 Å². The molecule has 0 radical (unpaired) electrons. The SMILES string of the molecule is COc1ccc([C@@H](Cc2c(Cl)c[n+]([O-])cc2Cl)c2cc(COc3cccc([C@@H](NC(=O)O[C@H]4CN5CCC4CC5)c4ccccc4)c3)oc2C(=O)O)cc1OC. The molecule has 0 aliphatic carbocycles. The smallest absolute Gasteiger partial charge is 0.408 e. The van der Waals surface area contributed by atoms with Crippen LogP contribution in [0.25, 0.3) is 0 Å². The minimum Gasteiger partial charge on any atom is -0.619 e. The number of hydrogen-bond acceptors (Lipinski definition) is 9. The first kappa shape index (κ1) is 38.8. The van der Waals surface area contributed by atoms with Crippen LogP contribution in [0, 0.1) is 11.1 Å². The topological polar surface area (TPSA) is 147 Å². The number of carbonyl (C=O) groups excluding carboxylic acids is 1. The van der Waals surface area contributed by atoms with Crippen molar-refractivity contribution in [1.82, 2.24) is 10.2 Å². The maximum atomic E-state index is 13.3. The molecule has 5 heterocycles. The predicted octanol–water partition coefficient (Wildman–Crippen LogP) is 7.80. The maximum Gasteiger partial charge on any atom is 0.408 e. The van der Waals surface area contributed by atoms with Crippen molar-refractivity contribution in [2.75, 3.05) is 33.9 Å². The summed E-state index contributed by atoms with van der Waals surface area (Å²) >= 11 is 13.0. The molecule has 292 valence electrons. The summed E-state index contributed by atoms with van der Waals surface area (Å²) in [5.41, 5.74) is 3.06. The summed E-state index contributed by atoms with van der Waals surface area (Å²) in [6.45, 7) is 2.72. The number of rotatable bonds is 14. The summed E-state index contributed by atoms with van der Waals surface area (Å²) in [6.07, 6.45) is 3.92. The van der Waals surface area contributed by atoms with Crippen LogP contribution in [-0.4, -0.2) is 62.0 Å². The van der Waals surface area contributed by atoms with E-state index in [0.29, 0.717) is 44.6 Å². The molecule has 5 aromatic rings. The lowest BCUT2D eigenvalue weighted by Gasteiger charge is -2.43. The van der Waals surface area contributed by atoms with Crippen molar-refractivity contribution in [3.63, 3.8) is 0 Å². The molecule has 3 fully saturated rings. The normalized spacial score (nSPS) is 18.5. The van der Waals surface area contributed by atoms with Gasteiger partial charge in [-0.3, -0.25) is 4.90 Å². The first-order valence-corrected chi connectivity index (χ1v) is 19.0. The molecule has 3 aliphatic heterocycles. The number of benzene rings is 3. The van der Waals surface area contributed by atoms with Crippen molar-refractivity contribution >= 4 is 35.3 Å². The number of halogens is 2. The number of fused-ring (bicyclic) bond motifs is 3. The molecular weight excluding hydrogens is 761 g/mol. The Kier molecular flexibility index (Phi) is 11.9. The van der Waals surface area contributed by atoms with Gasteiger partial charge in [0.25, 0.3) is 0 Å². The lowest BCUT2D eigenvalue weighted by atomic mass is 9.85. The second-order valence-corrected chi connectivity index (χ2v) is 14.7. The van der Waals surface area contributed by atoms with E-state index in [4.69, 9.17) is 46.6 Å². The number of amides is 1. The van der Waals surface area contributed by atoms with Gasteiger partial charge in [-0.1, -0.05) is 71.7 Å². The highest BCUT2D eigenvalue weighted by molar-refractivity contribution is 6.35. The predicted molar refractivity (Wildman–Crippen MR) is 208 cm³/mol. The van der Waals surface area contributed by atoms with Crippen LogP contribution in [-0.2, 0) is 17.8 Å². The summed E-state index contributed by atoms with van der Waals surface area (Å²) < 4.78 is 29.6. The van der Waals surface area contributed by atoms with Gasteiger partial charge < -0.3 is 39.0 Å². The van der Waals surface area contributed by atoms with Crippen LogP contribution < -0.4 is 24.3 Å². The van der Waals surface area contributed by atoms with Crippen molar-refractivity contribution in [3.05, 3.63) is 146 Å². The van der Waals surface area contributed by atoms with Gasteiger partial charge in [0.2, 0.25) is 5.76 Å². The van der Waals surface area contributed by atoms with Gasteiger partial charge >= 0.3 is 12.1 Å². The lowest BCUT2D eigenvalue weighted by molar-refractivity contribution is -0.605. The van der Waals surface area contributed by atoms with Gasteiger partial charge in [-0.2, -0.15) is 4.73 Å². The minimum atomic E-state index is -1.29. The van der Waals surface area contributed by atoms with Gasteiger partial charge in [0.05, 0.1) is 20.3 Å². The fraction of sp³-hybridized carbons (Fsp3) is 0.310. The van der Waals surface area contributed by atoms with Gasteiger partial charge in [0.15, 0.2) is 23.9 Å². The molecule has 14 heteroatoms. The average molecular weight is 803 g/mol. The van der Waals surface area contributed by atoms with Crippen LogP contribution in [0.1, 0.15) is 68.9 Å². The molecule has 12 nitrogen and oxygen atoms in total. The number of piperidine rings is 3. The second-order valence-electron chi connectivity index (χ2n) is 13.9. The molecule has 0 unspecified atom stereocenters. The molecule has 8 rings (SSSR count). The third kappa shape index (κ3) is 8.67. The Morgan fingerprint density at radius 3 is 2.30 bits per heavy atom. The van der Waals surface area contributed by atoms with Crippen molar-refractivity contribution < 1.29 is 42.8 Å². The molecule has 3 aromatic carbocycles. The summed E-state index contributed by atoms with van der Waals surface area (Å²) in [4.78, 5) is 28.4. The average Bonchev–Trinajstić information content (AvgIpc) is 3.64. The highest BCUT2D eigenvalue weighted by atomic mass is 35.5. The number of carboxylic acid groups (broad SMARTS) is 1. The van der Waals surface area contributed by atoms with Crippen molar-refractivity contribution in [3.8, 4) is 17.2 Å². The zero-order valence-electron chi connectivity index (χ0n) is 30.8. The minimum absolute atomic E-state index is 0.115. The largest absolute Gasteiger partial charge is 0.619 e. The molecule has 56 heavy (non-hydrogen) atoms. The number of carboxylic acids is 1. The number of ether oxygens (including phenoxy) is 4. The molecule has 3 atom stereocenters. The van der Waals surface area contributed by atoms with E-state index < -0.39 is 24.0 Å². The van der Waals surface area contributed by atoms with Crippen LogP contribution in [0.15, 0.2) is 95.7 Å². The summed E-state index contributed by atoms with van der Waals surface area (Å²) in [5, 5.41) is 25.7. The number of nitrogens with one attached hydrogen (secondary N) is 1. The van der Waals surface area contributed by atoms with E-state index in [1.165, 1.54) is 26.6 Å². The fourth-order valence-corrected chi connectivity index (χ4v) is 8.24. The number of aromatic carboxylic acids is 1. The fourth-order valence-electron chi connectivity index (χ4n) is 7.64. The van der Waals surface area contributed by atoms with Gasteiger partial charge in [-0.05, 0) is 85.3 Å². The number of nitrogens with zero attached hydrogens (tertiary/aromatic N) is 2. The Morgan fingerprint density at radius 2 is 1.64 bits per heavy atom. The molecule has 2 N–H and O–H groups in total. The van der Waals surface area contributed by atoms with E-state index in [1.807, 2.05) is 48.5 Å². The first-order valence-electron chi connectivity index (χ1n) is 18.2. The van der Waals surface area contributed by atoms with E-state index in [1.54, 1.807) is 30.3 Å². The monoisotopic (exact) mass is 801 g/mol. The number of aromatic nitrogens is 1. The third-order valence-electron chi connectivity index (χ3n) is 10.5. The molecule has 1 amide bonds. The number of hydrogen-bond donors (Lipinski definition) is 2. The van der Waals surface area contributed by atoms with E-state index in [9.17, 15) is 19.9 Å². The molecule has 0 spiro atoms. The van der Waals surface area contributed by atoms with Crippen LogP contribution in [0.2, 0.25) is 10.0 Å². The number of pyridine rings is 1. The molecule has 3 aliphatic rings. The Morgan fingerprint density at radius 1 is 0.929 bits per heavy atom. The van der Waals surface area contributed by atoms with Gasteiger partial charge in [-0.15, -0.1) is 0 Å². The maximum absolute atomic E-state index is 13.3. The Bertz CT molecular complexity index is 2170. The molecule has 0 saturated carbocycles. The summed E-state index contributed by atoms with van der Waals surface area (Å²) in [6, 6.07) is 23.3. The zero-order valence-corrected chi connectivity index (χ0v) is 32.3. The van der Waals surface area contributed by atoms with Gasteiger partial charge in [0.1, 0.15) is 34.3 Å². The summed E-state index contributed by atoms with van der Waals surface area (Å²) in [7, 11) is 3.02. The van der Waals surface area contributed by atoms with Crippen LogP contribution in [0.5, 0.6) is 17.2 Å². The van der Waals surface area contributed by atoms with Crippen LogP contribution in [0.4, 0.5) is 4.79 Å². The number of methoxy groups -OCH3 is 2. The quantitative estimate of drug-likeness (QED) is 0.0843. The van der Waals surface area contributed by atoms with Crippen molar-refractivity contribution in [2.45, 2.75) is 43.9 Å².